The summed E-state index contributed by atoms with van der Waals surface area (Å²) in [6.07, 6.45) is 2.60. The summed E-state index contributed by atoms with van der Waals surface area (Å²) >= 11 is 7.16. The number of unbranched alkanes of at least 4 members (excludes halogenated alkanes) is 2. The Morgan fingerprint density at radius 3 is 2.87 bits per heavy atom. The van der Waals surface area contributed by atoms with Crippen LogP contribution >= 0.6 is 22.9 Å². The van der Waals surface area contributed by atoms with E-state index in [1.807, 2.05) is 0 Å². The fourth-order valence-electron chi connectivity index (χ4n) is 1.15. The predicted molar refractivity (Wildman–Crippen MR) is 62.6 cm³/mol. The highest BCUT2D eigenvalue weighted by atomic mass is 35.5. The van der Waals surface area contributed by atoms with Crippen LogP contribution in [-0.2, 0) is 0 Å². The number of aliphatic hydroxyl groups excluding tert-OH is 1. The van der Waals surface area contributed by atoms with Crippen LogP contribution in [0.3, 0.4) is 0 Å². The average molecular weight is 248 g/mol. The van der Waals surface area contributed by atoms with Crippen molar-refractivity contribution in [1.82, 2.24) is 5.32 Å². The first kappa shape index (κ1) is 12.5. The van der Waals surface area contributed by atoms with E-state index in [0.29, 0.717) is 16.4 Å². The summed E-state index contributed by atoms with van der Waals surface area (Å²) in [6, 6.07) is 1.72. The maximum atomic E-state index is 11.5. The monoisotopic (exact) mass is 247 g/mol. The zero-order valence-corrected chi connectivity index (χ0v) is 9.90. The van der Waals surface area contributed by atoms with Crippen LogP contribution in [0.5, 0.6) is 0 Å². The second-order valence-corrected chi connectivity index (χ2v) is 4.46. The van der Waals surface area contributed by atoms with E-state index >= 15 is 0 Å². The van der Waals surface area contributed by atoms with Gasteiger partial charge >= 0.3 is 0 Å². The minimum atomic E-state index is -0.112. The number of rotatable bonds is 6. The van der Waals surface area contributed by atoms with Crippen LogP contribution in [0.1, 0.15) is 28.9 Å². The fourth-order valence-corrected chi connectivity index (χ4v) is 2.21. The molecule has 0 aliphatic heterocycles. The summed E-state index contributed by atoms with van der Waals surface area (Å²) in [4.78, 5) is 12.1. The van der Waals surface area contributed by atoms with Crippen molar-refractivity contribution in [2.24, 2.45) is 0 Å². The van der Waals surface area contributed by atoms with Crippen molar-refractivity contribution in [2.45, 2.75) is 19.3 Å². The molecule has 1 heterocycles. The first-order chi connectivity index (χ1) is 7.25. The van der Waals surface area contributed by atoms with Gasteiger partial charge in [-0.15, -0.1) is 11.3 Å². The molecule has 1 aromatic rings. The number of nitrogens with one attached hydrogen (secondary N) is 1. The number of amides is 1. The molecule has 2 N–H and O–H groups in total. The molecule has 0 spiro atoms. The van der Waals surface area contributed by atoms with Gasteiger partial charge in [0.1, 0.15) is 4.88 Å². The molecule has 0 aromatic carbocycles. The van der Waals surface area contributed by atoms with E-state index in [-0.39, 0.29) is 12.5 Å². The normalized spacial score (nSPS) is 10.3. The molecule has 0 aliphatic rings. The zero-order chi connectivity index (χ0) is 11.1. The molecule has 0 saturated carbocycles. The van der Waals surface area contributed by atoms with Gasteiger partial charge in [-0.05, 0) is 30.7 Å². The van der Waals surface area contributed by atoms with Gasteiger partial charge in [-0.2, -0.15) is 0 Å². The quantitative estimate of drug-likeness (QED) is 0.758. The van der Waals surface area contributed by atoms with Crippen LogP contribution in [-0.4, -0.2) is 24.2 Å². The summed E-state index contributed by atoms with van der Waals surface area (Å²) in [6.45, 7) is 0.845. The van der Waals surface area contributed by atoms with Crippen molar-refractivity contribution in [3.05, 3.63) is 21.3 Å². The summed E-state index contributed by atoms with van der Waals surface area (Å²) < 4.78 is 0. The van der Waals surface area contributed by atoms with E-state index in [4.69, 9.17) is 16.7 Å². The number of thiophene rings is 1. The molecule has 0 bridgehead atoms. The van der Waals surface area contributed by atoms with Gasteiger partial charge in [-0.25, -0.2) is 0 Å². The van der Waals surface area contributed by atoms with Crippen LogP contribution in [0.4, 0.5) is 0 Å². The van der Waals surface area contributed by atoms with Crippen molar-refractivity contribution in [2.75, 3.05) is 13.2 Å². The van der Waals surface area contributed by atoms with Gasteiger partial charge in [0.15, 0.2) is 0 Å². The molecule has 0 aliphatic carbocycles. The van der Waals surface area contributed by atoms with E-state index in [1.54, 1.807) is 11.4 Å². The van der Waals surface area contributed by atoms with Gasteiger partial charge in [0.2, 0.25) is 0 Å². The Morgan fingerprint density at radius 1 is 1.47 bits per heavy atom. The summed E-state index contributed by atoms with van der Waals surface area (Å²) in [5.74, 6) is -0.112. The smallest absolute Gasteiger partial charge is 0.262 e. The Kier molecular flexibility index (Phi) is 5.68. The van der Waals surface area contributed by atoms with E-state index in [2.05, 4.69) is 5.32 Å². The topological polar surface area (TPSA) is 49.3 Å². The fraction of sp³-hybridized carbons (Fsp3) is 0.500. The van der Waals surface area contributed by atoms with Gasteiger partial charge in [-0.3, -0.25) is 4.79 Å². The SMILES string of the molecule is O=C(NCCCCCO)c1sccc1Cl. The number of carbonyl (C=O) groups excluding carboxylic acids is 1. The minimum absolute atomic E-state index is 0.112. The Morgan fingerprint density at radius 2 is 2.27 bits per heavy atom. The van der Waals surface area contributed by atoms with Crippen molar-refractivity contribution in [3.63, 3.8) is 0 Å². The molecule has 0 atom stereocenters. The molecule has 3 nitrogen and oxygen atoms in total. The molecule has 84 valence electrons. The summed E-state index contributed by atoms with van der Waals surface area (Å²) in [5, 5.41) is 13.7. The van der Waals surface area contributed by atoms with E-state index in [9.17, 15) is 4.79 Å². The van der Waals surface area contributed by atoms with Gasteiger partial charge in [0.05, 0.1) is 5.02 Å². The Hall–Kier alpha value is -0.580. The van der Waals surface area contributed by atoms with Crippen LogP contribution in [0, 0.1) is 0 Å². The molecule has 0 fully saturated rings. The van der Waals surface area contributed by atoms with E-state index in [1.165, 1.54) is 11.3 Å². The maximum absolute atomic E-state index is 11.5. The Balaban J connectivity index is 2.22. The van der Waals surface area contributed by atoms with Crippen LogP contribution in [0.2, 0.25) is 5.02 Å². The average Bonchev–Trinajstić information content (AvgIpc) is 2.64. The number of aliphatic hydroxyl groups is 1. The summed E-state index contributed by atoms with van der Waals surface area (Å²) in [5.41, 5.74) is 0. The molecule has 1 amide bonds. The van der Waals surface area contributed by atoms with Crippen molar-refractivity contribution in [1.29, 1.82) is 0 Å². The van der Waals surface area contributed by atoms with Crippen molar-refractivity contribution < 1.29 is 9.90 Å². The van der Waals surface area contributed by atoms with Gasteiger partial charge in [0, 0.05) is 13.2 Å². The van der Waals surface area contributed by atoms with Crippen molar-refractivity contribution in [3.8, 4) is 0 Å². The van der Waals surface area contributed by atoms with Crippen LogP contribution in [0.15, 0.2) is 11.4 Å². The Labute approximate surface area is 98.1 Å². The second-order valence-electron chi connectivity index (χ2n) is 3.14. The molecular formula is C10H14ClNO2S. The minimum Gasteiger partial charge on any atom is -0.396 e. The molecular weight excluding hydrogens is 234 g/mol. The van der Waals surface area contributed by atoms with Crippen molar-refractivity contribution >= 4 is 28.8 Å². The summed E-state index contributed by atoms with van der Waals surface area (Å²) in [7, 11) is 0. The van der Waals surface area contributed by atoms with Gasteiger partial charge in [0.25, 0.3) is 5.91 Å². The van der Waals surface area contributed by atoms with Gasteiger partial charge in [-0.1, -0.05) is 11.6 Å². The first-order valence-corrected chi connectivity index (χ1v) is 6.13. The third kappa shape index (κ3) is 4.20. The number of hydrogen-bond acceptors (Lipinski definition) is 3. The highest BCUT2D eigenvalue weighted by Gasteiger charge is 2.10. The molecule has 0 saturated heterocycles. The predicted octanol–water partition coefficient (Wildman–Crippen LogP) is 2.29. The molecule has 1 aromatic heterocycles. The lowest BCUT2D eigenvalue weighted by Gasteiger charge is -2.03. The second kappa shape index (κ2) is 6.82. The standard InChI is InChI=1S/C10H14ClNO2S/c11-8-4-7-15-9(8)10(14)12-5-2-1-3-6-13/h4,7,13H,1-3,5-6H2,(H,12,14). The van der Waals surface area contributed by atoms with Crippen LogP contribution < -0.4 is 5.32 Å². The highest BCUT2D eigenvalue weighted by molar-refractivity contribution is 7.12. The third-order valence-electron chi connectivity index (χ3n) is 1.94. The molecule has 15 heavy (non-hydrogen) atoms. The maximum Gasteiger partial charge on any atom is 0.262 e. The van der Waals surface area contributed by atoms with Crippen LogP contribution in [0.25, 0.3) is 0 Å². The zero-order valence-electron chi connectivity index (χ0n) is 8.33. The first-order valence-electron chi connectivity index (χ1n) is 4.87. The van der Waals surface area contributed by atoms with E-state index < -0.39 is 0 Å². The third-order valence-corrected chi connectivity index (χ3v) is 3.28. The molecule has 0 radical (unpaired) electrons. The number of hydrogen-bond donors (Lipinski definition) is 2. The van der Waals surface area contributed by atoms with E-state index in [0.717, 1.165) is 19.3 Å². The van der Waals surface area contributed by atoms with Gasteiger partial charge < -0.3 is 10.4 Å². The number of carbonyl (C=O) groups is 1. The molecule has 5 heteroatoms. The lowest BCUT2D eigenvalue weighted by molar-refractivity contribution is 0.0957. The molecule has 0 unspecified atom stereocenters. The Bertz CT molecular complexity index is 314. The lowest BCUT2D eigenvalue weighted by atomic mass is 10.2. The molecule has 1 rings (SSSR count). The highest BCUT2D eigenvalue weighted by Crippen LogP contribution is 2.21. The lowest BCUT2D eigenvalue weighted by Crippen LogP contribution is -2.23. The number of halogens is 1. The largest absolute Gasteiger partial charge is 0.396 e.